The van der Waals surface area contributed by atoms with Crippen molar-refractivity contribution in [3.05, 3.63) is 0 Å². The molecule has 0 bridgehead atoms. The fraction of sp³-hybridized carbons (Fsp3) is 0.923. The minimum Gasteiger partial charge on any atom is -0.380 e. The van der Waals surface area contributed by atoms with Crippen molar-refractivity contribution in [2.24, 2.45) is 11.8 Å². The third-order valence-electron chi connectivity index (χ3n) is 3.64. The Hall–Kier alpha value is -0.570. The van der Waals surface area contributed by atoms with Crippen LogP contribution in [0.15, 0.2) is 0 Å². The zero-order chi connectivity index (χ0) is 12.3. The monoisotopic (exact) mass is 227 g/mol. The topological polar surface area (TPSA) is 49.3 Å². The van der Waals surface area contributed by atoms with Gasteiger partial charge in [0.05, 0.1) is 0 Å². The maximum absolute atomic E-state index is 11.8. The van der Waals surface area contributed by atoms with Gasteiger partial charge in [0.25, 0.3) is 5.91 Å². The van der Waals surface area contributed by atoms with Crippen molar-refractivity contribution >= 4 is 5.91 Å². The standard InChI is InChI=1S/C13H25NO2/c1-9(2)11-5-7-13(16,8-6-11)12(15)14-10(3)4/h9-11,16H,5-8H2,1-4H3,(H,14,15). The molecule has 1 fully saturated rings. The molecule has 1 aliphatic rings. The number of rotatable bonds is 3. The number of carbonyl (C=O) groups is 1. The summed E-state index contributed by atoms with van der Waals surface area (Å²) in [6, 6.07) is 0.0966. The molecule has 0 atom stereocenters. The Kier molecular flexibility index (Phi) is 4.36. The molecule has 0 heterocycles. The molecule has 0 aromatic carbocycles. The van der Waals surface area contributed by atoms with Crippen molar-refractivity contribution in [3.8, 4) is 0 Å². The second-order valence-electron chi connectivity index (χ2n) is 5.74. The van der Waals surface area contributed by atoms with E-state index in [0.29, 0.717) is 24.7 Å². The Bertz CT molecular complexity index is 240. The van der Waals surface area contributed by atoms with Crippen molar-refractivity contribution in [2.45, 2.75) is 65.0 Å². The van der Waals surface area contributed by atoms with Crippen LogP contribution in [0, 0.1) is 11.8 Å². The molecule has 3 nitrogen and oxygen atoms in total. The van der Waals surface area contributed by atoms with Crippen molar-refractivity contribution in [1.82, 2.24) is 5.32 Å². The van der Waals surface area contributed by atoms with E-state index in [9.17, 15) is 9.90 Å². The number of carbonyl (C=O) groups excluding carboxylic acids is 1. The highest BCUT2D eigenvalue weighted by atomic mass is 16.3. The summed E-state index contributed by atoms with van der Waals surface area (Å²) in [5.41, 5.74) is -1.12. The molecule has 0 spiro atoms. The molecule has 0 aromatic heterocycles. The molecule has 94 valence electrons. The number of nitrogens with one attached hydrogen (secondary N) is 1. The molecule has 0 saturated heterocycles. The average Bonchev–Trinajstić information content (AvgIpc) is 2.17. The smallest absolute Gasteiger partial charge is 0.252 e. The Morgan fingerprint density at radius 1 is 1.25 bits per heavy atom. The summed E-state index contributed by atoms with van der Waals surface area (Å²) < 4.78 is 0. The molecule has 1 aliphatic carbocycles. The molecular formula is C13H25NO2. The lowest BCUT2D eigenvalue weighted by Gasteiger charge is -2.36. The predicted octanol–water partition coefficient (Wildman–Crippen LogP) is 2.09. The second kappa shape index (κ2) is 5.17. The van der Waals surface area contributed by atoms with Crippen LogP contribution in [-0.2, 0) is 4.79 Å². The van der Waals surface area contributed by atoms with E-state index in [0.717, 1.165) is 12.8 Å². The minimum atomic E-state index is -1.12. The molecule has 0 aliphatic heterocycles. The maximum Gasteiger partial charge on any atom is 0.252 e. The summed E-state index contributed by atoms with van der Waals surface area (Å²) in [4.78, 5) is 11.8. The normalized spacial score (nSPS) is 30.8. The van der Waals surface area contributed by atoms with Gasteiger partial charge in [-0.05, 0) is 51.4 Å². The van der Waals surface area contributed by atoms with Gasteiger partial charge in [0.2, 0.25) is 0 Å². The van der Waals surface area contributed by atoms with Gasteiger partial charge in [-0.2, -0.15) is 0 Å². The number of amides is 1. The molecule has 0 unspecified atom stereocenters. The highest BCUT2D eigenvalue weighted by Gasteiger charge is 2.40. The van der Waals surface area contributed by atoms with E-state index in [1.807, 2.05) is 13.8 Å². The van der Waals surface area contributed by atoms with Crippen LogP contribution < -0.4 is 5.32 Å². The lowest BCUT2D eigenvalue weighted by Crippen LogP contribution is -2.51. The van der Waals surface area contributed by atoms with Gasteiger partial charge >= 0.3 is 0 Å². The van der Waals surface area contributed by atoms with Gasteiger partial charge in [-0.25, -0.2) is 0 Å². The third kappa shape index (κ3) is 3.21. The first-order valence-corrected chi connectivity index (χ1v) is 6.38. The van der Waals surface area contributed by atoms with Gasteiger partial charge in [-0.3, -0.25) is 4.79 Å². The van der Waals surface area contributed by atoms with Gasteiger partial charge < -0.3 is 10.4 Å². The van der Waals surface area contributed by atoms with Crippen molar-refractivity contribution in [1.29, 1.82) is 0 Å². The number of aliphatic hydroxyl groups is 1. The van der Waals surface area contributed by atoms with Crippen LogP contribution in [0.3, 0.4) is 0 Å². The van der Waals surface area contributed by atoms with Crippen molar-refractivity contribution in [3.63, 3.8) is 0 Å². The van der Waals surface area contributed by atoms with Crippen LogP contribution in [0.25, 0.3) is 0 Å². The third-order valence-corrected chi connectivity index (χ3v) is 3.64. The number of hydrogen-bond donors (Lipinski definition) is 2. The summed E-state index contributed by atoms with van der Waals surface area (Å²) in [7, 11) is 0. The van der Waals surface area contributed by atoms with Crippen LogP contribution >= 0.6 is 0 Å². The minimum absolute atomic E-state index is 0.0966. The molecule has 3 heteroatoms. The highest BCUT2D eigenvalue weighted by Crippen LogP contribution is 2.35. The van der Waals surface area contributed by atoms with Gasteiger partial charge in [-0.15, -0.1) is 0 Å². The van der Waals surface area contributed by atoms with Gasteiger partial charge in [0.1, 0.15) is 5.60 Å². The van der Waals surface area contributed by atoms with Crippen LogP contribution in [0.4, 0.5) is 0 Å². The zero-order valence-corrected chi connectivity index (χ0v) is 10.9. The number of hydrogen-bond acceptors (Lipinski definition) is 2. The fourth-order valence-electron chi connectivity index (χ4n) is 2.41. The Balaban J connectivity index is 2.52. The summed E-state index contributed by atoms with van der Waals surface area (Å²) in [6.45, 7) is 8.26. The lowest BCUT2D eigenvalue weighted by atomic mass is 9.74. The Morgan fingerprint density at radius 3 is 2.12 bits per heavy atom. The second-order valence-corrected chi connectivity index (χ2v) is 5.74. The van der Waals surface area contributed by atoms with E-state index < -0.39 is 5.60 Å². The van der Waals surface area contributed by atoms with Crippen LogP contribution in [0.2, 0.25) is 0 Å². The van der Waals surface area contributed by atoms with Gasteiger partial charge in [0, 0.05) is 6.04 Å². The zero-order valence-electron chi connectivity index (χ0n) is 10.9. The van der Waals surface area contributed by atoms with Gasteiger partial charge in [0.15, 0.2) is 0 Å². The molecule has 16 heavy (non-hydrogen) atoms. The van der Waals surface area contributed by atoms with E-state index in [2.05, 4.69) is 19.2 Å². The van der Waals surface area contributed by atoms with E-state index in [1.165, 1.54) is 0 Å². The average molecular weight is 227 g/mol. The van der Waals surface area contributed by atoms with E-state index in [-0.39, 0.29) is 11.9 Å². The fourth-order valence-corrected chi connectivity index (χ4v) is 2.41. The first-order valence-electron chi connectivity index (χ1n) is 6.38. The van der Waals surface area contributed by atoms with E-state index in [4.69, 9.17) is 0 Å². The Labute approximate surface area is 98.6 Å². The van der Waals surface area contributed by atoms with E-state index >= 15 is 0 Å². The van der Waals surface area contributed by atoms with Crippen molar-refractivity contribution < 1.29 is 9.90 Å². The molecular weight excluding hydrogens is 202 g/mol. The predicted molar refractivity (Wildman–Crippen MR) is 65.0 cm³/mol. The Morgan fingerprint density at radius 2 is 1.75 bits per heavy atom. The van der Waals surface area contributed by atoms with E-state index in [1.54, 1.807) is 0 Å². The summed E-state index contributed by atoms with van der Waals surface area (Å²) in [5.74, 6) is 1.12. The molecule has 0 radical (unpaired) electrons. The quantitative estimate of drug-likeness (QED) is 0.775. The molecule has 2 N–H and O–H groups in total. The van der Waals surface area contributed by atoms with Crippen LogP contribution in [0.5, 0.6) is 0 Å². The molecule has 1 rings (SSSR count). The summed E-state index contributed by atoms with van der Waals surface area (Å²) in [6.07, 6.45) is 3.13. The highest BCUT2D eigenvalue weighted by molar-refractivity contribution is 5.85. The first-order chi connectivity index (χ1) is 7.35. The maximum atomic E-state index is 11.8. The van der Waals surface area contributed by atoms with Crippen LogP contribution in [0.1, 0.15) is 53.4 Å². The van der Waals surface area contributed by atoms with Crippen molar-refractivity contribution in [2.75, 3.05) is 0 Å². The SMILES string of the molecule is CC(C)NC(=O)C1(O)CCC(C(C)C)CC1. The lowest BCUT2D eigenvalue weighted by molar-refractivity contribution is -0.145. The molecule has 1 amide bonds. The summed E-state index contributed by atoms with van der Waals surface area (Å²) >= 11 is 0. The molecule has 1 saturated carbocycles. The first kappa shape index (κ1) is 13.5. The largest absolute Gasteiger partial charge is 0.380 e. The van der Waals surface area contributed by atoms with Crippen LogP contribution in [-0.4, -0.2) is 22.7 Å². The van der Waals surface area contributed by atoms with Gasteiger partial charge in [-0.1, -0.05) is 13.8 Å². The molecule has 0 aromatic rings. The summed E-state index contributed by atoms with van der Waals surface area (Å²) in [5, 5.41) is 13.1.